The van der Waals surface area contributed by atoms with Crippen molar-refractivity contribution in [3.05, 3.63) is 21.9 Å². The Hall–Kier alpha value is -0.870. The molecule has 2 rings (SSSR count). The van der Waals surface area contributed by atoms with Crippen molar-refractivity contribution in [2.45, 2.75) is 19.8 Å². The maximum Gasteiger partial charge on any atom is 0.264 e. The minimum atomic E-state index is 0.232. The van der Waals surface area contributed by atoms with Gasteiger partial charge in [0, 0.05) is 13.1 Å². The van der Waals surface area contributed by atoms with Crippen LogP contribution >= 0.6 is 11.3 Å². The van der Waals surface area contributed by atoms with Crippen LogP contribution in [0.25, 0.3) is 0 Å². The van der Waals surface area contributed by atoms with E-state index in [0.717, 1.165) is 37.4 Å². The van der Waals surface area contributed by atoms with Gasteiger partial charge in [-0.2, -0.15) is 0 Å². The van der Waals surface area contributed by atoms with E-state index in [9.17, 15) is 4.79 Å². The number of thiophene rings is 1. The molecule has 1 amide bonds. The molecular formula is C13H20N2OS. The predicted molar refractivity (Wildman–Crippen MR) is 71.6 cm³/mol. The SMILES string of the molecule is CCc1ccsc1C(=O)N1CC[C@@H](CNC)C1. The lowest BCUT2D eigenvalue weighted by Crippen LogP contribution is -2.30. The van der Waals surface area contributed by atoms with Gasteiger partial charge in [-0.3, -0.25) is 4.79 Å². The predicted octanol–water partition coefficient (Wildman–Crippen LogP) is 1.99. The molecule has 1 N–H and O–H groups in total. The van der Waals surface area contributed by atoms with E-state index in [1.807, 2.05) is 17.3 Å². The lowest BCUT2D eigenvalue weighted by molar-refractivity contribution is 0.0791. The molecule has 0 aromatic carbocycles. The normalized spacial score (nSPS) is 19.9. The third-order valence-corrected chi connectivity index (χ3v) is 4.33. The molecule has 0 bridgehead atoms. The first kappa shape index (κ1) is 12.6. The molecule has 2 heterocycles. The number of nitrogens with zero attached hydrogens (tertiary/aromatic N) is 1. The van der Waals surface area contributed by atoms with Crippen LogP contribution in [0.15, 0.2) is 11.4 Å². The molecule has 1 aliphatic heterocycles. The standard InChI is InChI=1S/C13H20N2OS/c1-3-11-5-7-17-12(11)13(16)15-6-4-10(9-15)8-14-2/h5,7,10,14H,3-4,6,8-9H2,1-2H3/t10-/m0/s1. The highest BCUT2D eigenvalue weighted by atomic mass is 32.1. The monoisotopic (exact) mass is 252 g/mol. The molecule has 0 saturated carbocycles. The maximum absolute atomic E-state index is 12.4. The van der Waals surface area contributed by atoms with Crippen LogP contribution in [0.2, 0.25) is 0 Å². The summed E-state index contributed by atoms with van der Waals surface area (Å²) in [7, 11) is 1.97. The van der Waals surface area contributed by atoms with Gasteiger partial charge in [0.15, 0.2) is 0 Å². The number of carbonyl (C=O) groups is 1. The van der Waals surface area contributed by atoms with E-state index >= 15 is 0 Å². The van der Waals surface area contributed by atoms with Gasteiger partial charge in [-0.1, -0.05) is 6.92 Å². The number of nitrogens with one attached hydrogen (secondary N) is 1. The number of aryl methyl sites for hydroxylation is 1. The van der Waals surface area contributed by atoms with Crippen molar-refractivity contribution in [3.8, 4) is 0 Å². The summed E-state index contributed by atoms with van der Waals surface area (Å²) in [6.07, 6.45) is 2.07. The smallest absolute Gasteiger partial charge is 0.264 e. The van der Waals surface area contributed by atoms with Crippen LogP contribution in [-0.2, 0) is 6.42 Å². The zero-order valence-electron chi connectivity index (χ0n) is 10.5. The summed E-state index contributed by atoms with van der Waals surface area (Å²) in [5.41, 5.74) is 1.19. The van der Waals surface area contributed by atoms with Crippen LogP contribution in [0.3, 0.4) is 0 Å². The molecule has 1 aromatic rings. The van der Waals surface area contributed by atoms with Crippen molar-refractivity contribution in [2.75, 3.05) is 26.7 Å². The quantitative estimate of drug-likeness (QED) is 0.889. The largest absolute Gasteiger partial charge is 0.338 e. The number of hydrogen-bond donors (Lipinski definition) is 1. The van der Waals surface area contributed by atoms with Gasteiger partial charge in [0.1, 0.15) is 0 Å². The second-order valence-electron chi connectivity index (χ2n) is 4.59. The number of rotatable bonds is 4. The Labute approximate surface area is 107 Å². The average Bonchev–Trinajstić information content (AvgIpc) is 2.96. The molecule has 1 fully saturated rings. The highest BCUT2D eigenvalue weighted by Gasteiger charge is 2.27. The molecule has 1 atom stereocenters. The Balaban J connectivity index is 2.02. The molecule has 1 aliphatic rings. The average molecular weight is 252 g/mol. The molecule has 0 aliphatic carbocycles. The summed E-state index contributed by atoms with van der Waals surface area (Å²) in [5.74, 6) is 0.851. The molecule has 3 nitrogen and oxygen atoms in total. The lowest BCUT2D eigenvalue weighted by Gasteiger charge is -2.16. The molecule has 17 heavy (non-hydrogen) atoms. The molecule has 1 saturated heterocycles. The Kier molecular flexibility index (Phi) is 4.18. The summed E-state index contributed by atoms with van der Waals surface area (Å²) in [5, 5.41) is 5.21. The van der Waals surface area contributed by atoms with E-state index in [-0.39, 0.29) is 5.91 Å². The van der Waals surface area contributed by atoms with E-state index in [1.165, 1.54) is 5.56 Å². The summed E-state index contributed by atoms with van der Waals surface area (Å²) in [6.45, 7) is 4.93. The number of amides is 1. The van der Waals surface area contributed by atoms with Crippen LogP contribution in [0.4, 0.5) is 0 Å². The van der Waals surface area contributed by atoms with Crippen molar-refractivity contribution in [3.63, 3.8) is 0 Å². The number of carbonyl (C=O) groups excluding carboxylic acids is 1. The van der Waals surface area contributed by atoms with Gasteiger partial charge >= 0.3 is 0 Å². The van der Waals surface area contributed by atoms with E-state index in [0.29, 0.717) is 5.92 Å². The molecule has 4 heteroatoms. The van der Waals surface area contributed by atoms with Crippen molar-refractivity contribution in [1.82, 2.24) is 10.2 Å². The topological polar surface area (TPSA) is 32.3 Å². The summed E-state index contributed by atoms with van der Waals surface area (Å²) in [6, 6.07) is 2.07. The van der Waals surface area contributed by atoms with Crippen LogP contribution in [0, 0.1) is 5.92 Å². The van der Waals surface area contributed by atoms with Crippen molar-refractivity contribution >= 4 is 17.2 Å². The van der Waals surface area contributed by atoms with Gasteiger partial charge in [-0.25, -0.2) is 0 Å². The minimum Gasteiger partial charge on any atom is -0.338 e. The molecule has 0 spiro atoms. The van der Waals surface area contributed by atoms with Gasteiger partial charge in [0.25, 0.3) is 5.91 Å². The molecule has 94 valence electrons. The van der Waals surface area contributed by atoms with Gasteiger partial charge in [0.05, 0.1) is 4.88 Å². The minimum absolute atomic E-state index is 0.232. The molecule has 0 radical (unpaired) electrons. The summed E-state index contributed by atoms with van der Waals surface area (Å²) >= 11 is 1.58. The van der Waals surface area contributed by atoms with Crippen LogP contribution in [0.5, 0.6) is 0 Å². The van der Waals surface area contributed by atoms with Crippen LogP contribution in [-0.4, -0.2) is 37.5 Å². The fourth-order valence-corrected chi connectivity index (χ4v) is 3.38. The fourth-order valence-electron chi connectivity index (χ4n) is 2.42. The van der Waals surface area contributed by atoms with Gasteiger partial charge in [-0.05, 0) is 49.4 Å². The molecular weight excluding hydrogens is 232 g/mol. The Morgan fingerprint density at radius 1 is 1.65 bits per heavy atom. The first-order valence-corrected chi connectivity index (χ1v) is 7.14. The van der Waals surface area contributed by atoms with E-state index in [4.69, 9.17) is 0 Å². The molecule has 0 unspecified atom stereocenters. The van der Waals surface area contributed by atoms with Gasteiger partial charge < -0.3 is 10.2 Å². The van der Waals surface area contributed by atoms with Crippen molar-refractivity contribution in [1.29, 1.82) is 0 Å². The van der Waals surface area contributed by atoms with E-state index < -0.39 is 0 Å². The number of hydrogen-bond acceptors (Lipinski definition) is 3. The lowest BCUT2D eigenvalue weighted by atomic mass is 10.1. The number of likely N-dealkylation sites (tertiary alicyclic amines) is 1. The molecule has 1 aromatic heterocycles. The first-order valence-electron chi connectivity index (χ1n) is 6.26. The first-order chi connectivity index (χ1) is 8.26. The maximum atomic E-state index is 12.4. The fraction of sp³-hybridized carbons (Fsp3) is 0.615. The van der Waals surface area contributed by atoms with Crippen molar-refractivity contribution < 1.29 is 4.79 Å². The Morgan fingerprint density at radius 2 is 2.47 bits per heavy atom. The summed E-state index contributed by atoms with van der Waals surface area (Å²) in [4.78, 5) is 15.3. The second kappa shape index (κ2) is 5.65. The summed E-state index contributed by atoms with van der Waals surface area (Å²) < 4.78 is 0. The van der Waals surface area contributed by atoms with Crippen LogP contribution < -0.4 is 5.32 Å². The van der Waals surface area contributed by atoms with Crippen LogP contribution in [0.1, 0.15) is 28.6 Å². The van der Waals surface area contributed by atoms with Gasteiger partial charge in [0.2, 0.25) is 0 Å². The Morgan fingerprint density at radius 3 is 3.18 bits per heavy atom. The zero-order valence-corrected chi connectivity index (χ0v) is 11.3. The van der Waals surface area contributed by atoms with Gasteiger partial charge in [-0.15, -0.1) is 11.3 Å². The zero-order chi connectivity index (χ0) is 12.3. The van der Waals surface area contributed by atoms with Crippen molar-refractivity contribution in [2.24, 2.45) is 5.92 Å². The highest BCUT2D eigenvalue weighted by molar-refractivity contribution is 7.12. The highest BCUT2D eigenvalue weighted by Crippen LogP contribution is 2.23. The third-order valence-electron chi connectivity index (χ3n) is 3.39. The van der Waals surface area contributed by atoms with E-state index in [1.54, 1.807) is 11.3 Å². The van der Waals surface area contributed by atoms with E-state index in [2.05, 4.69) is 18.3 Å². The second-order valence-corrected chi connectivity index (χ2v) is 5.51. The Bertz CT molecular complexity index is 389. The third kappa shape index (κ3) is 2.69.